The average molecular weight is 328 g/mol. The summed E-state index contributed by atoms with van der Waals surface area (Å²) in [6, 6.07) is 0.490. The number of amides is 1. The third-order valence-corrected chi connectivity index (χ3v) is 5.64. The molecule has 5 heteroatoms. The SMILES string of the molecule is C=CCn1nc(C(=O)N2CCCC2)c2c1CC[C@H](NCC1CC1)C2. The lowest BCUT2D eigenvalue weighted by atomic mass is 9.91. The summed E-state index contributed by atoms with van der Waals surface area (Å²) in [7, 11) is 0. The number of fused-ring (bicyclic) bond motifs is 1. The van der Waals surface area contributed by atoms with Crippen LogP contribution < -0.4 is 5.32 Å². The van der Waals surface area contributed by atoms with Crippen molar-refractivity contribution in [1.82, 2.24) is 20.0 Å². The Hall–Kier alpha value is -1.62. The summed E-state index contributed by atoms with van der Waals surface area (Å²) in [5, 5.41) is 8.41. The fourth-order valence-electron chi connectivity index (χ4n) is 4.03. The number of likely N-dealkylation sites (tertiary alicyclic amines) is 1. The number of carbonyl (C=O) groups is 1. The summed E-state index contributed by atoms with van der Waals surface area (Å²) in [5.74, 6) is 1.02. The van der Waals surface area contributed by atoms with E-state index in [0.717, 1.165) is 57.7 Å². The van der Waals surface area contributed by atoms with Gasteiger partial charge in [-0.25, -0.2) is 0 Å². The second kappa shape index (κ2) is 6.71. The molecule has 0 aromatic carbocycles. The van der Waals surface area contributed by atoms with Gasteiger partial charge in [0.15, 0.2) is 5.69 Å². The summed E-state index contributed by atoms with van der Waals surface area (Å²) in [4.78, 5) is 14.9. The van der Waals surface area contributed by atoms with Gasteiger partial charge < -0.3 is 10.2 Å². The first kappa shape index (κ1) is 15.9. The van der Waals surface area contributed by atoms with Crippen molar-refractivity contribution < 1.29 is 4.79 Å². The molecule has 24 heavy (non-hydrogen) atoms. The Labute approximate surface area is 144 Å². The molecule has 2 heterocycles. The zero-order valence-electron chi connectivity index (χ0n) is 14.5. The summed E-state index contributed by atoms with van der Waals surface area (Å²) in [6.07, 6.45) is 9.94. The predicted octanol–water partition coefficient (Wildman–Crippen LogP) is 2.16. The minimum absolute atomic E-state index is 0.134. The lowest BCUT2D eigenvalue weighted by Gasteiger charge is -2.25. The van der Waals surface area contributed by atoms with E-state index in [1.807, 2.05) is 15.7 Å². The van der Waals surface area contributed by atoms with Gasteiger partial charge in [-0.3, -0.25) is 9.48 Å². The van der Waals surface area contributed by atoms with Crippen LogP contribution >= 0.6 is 0 Å². The van der Waals surface area contributed by atoms with Gasteiger partial charge in [-0.15, -0.1) is 6.58 Å². The van der Waals surface area contributed by atoms with E-state index in [4.69, 9.17) is 5.10 Å². The van der Waals surface area contributed by atoms with Crippen molar-refractivity contribution in [2.24, 2.45) is 5.92 Å². The molecule has 5 nitrogen and oxygen atoms in total. The molecule has 3 aliphatic rings. The Morgan fingerprint density at radius 1 is 1.29 bits per heavy atom. The molecule has 1 N–H and O–H groups in total. The highest BCUT2D eigenvalue weighted by Gasteiger charge is 2.32. The second-order valence-electron chi connectivity index (χ2n) is 7.54. The second-order valence-corrected chi connectivity index (χ2v) is 7.54. The van der Waals surface area contributed by atoms with E-state index in [2.05, 4.69) is 11.9 Å². The van der Waals surface area contributed by atoms with Crippen LogP contribution in [0.3, 0.4) is 0 Å². The Balaban J connectivity index is 1.56. The zero-order chi connectivity index (χ0) is 16.5. The van der Waals surface area contributed by atoms with Crippen LogP contribution in [0.2, 0.25) is 0 Å². The fraction of sp³-hybridized carbons (Fsp3) is 0.684. The Kier molecular flexibility index (Phi) is 4.44. The maximum Gasteiger partial charge on any atom is 0.274 e. The van der Waals surface area contributed by atoms with Crippen molar-refractivity contribution in [3.05, 3.63) is 29.6 Å². The number of carbonyl (C=O) groups excluding carboxylic acids is 1. The molecular weight excluding hydrogens is 300 g/mol. The summed E-state index contributed by atoms with van der Waals surface area (Å²) >= 11 is 0. The van der Waals surface area contributed by atoms with Crippen molar-refractivity contribution in [3.8, 4) is 0 Å². The average Bonchev–Trinajstić information content (AvgIpc) is 3.13. The minimum Gasteiger partial charge on any atom is -0.337 e. The van der Waals surface area contributed by atoms with Gasteiger partial charge in [0.05, 0.1) is 6.54 Å². The molecule has 4 rings (SSSR count). The number of rotatable bonds is 6. The molecular formula is C19H28N4O. The smallest absolute Gasteiger partial charge is 0.274 e. The molecule has 1 aromatic heterocycles. The molecule has 130 valence electrons. The summed E-state index contributed by atoms with van der Waals surface area (Å²) in [6.45, 7) is 7.42. The van der Waals surface area contributed by atoms with Gasteiger partial charge in [-0.2, -0.15) is 5.10 Å². The van der Waals surface area contributed by atoms with E-state index in [0.29, 0.717) is 18.3 Å². The molecule has 1 amide bonds. The molecule has 0 spiro atoms. The van der Waals surface area contributed by atoms with Crippen LogP contribution in [-0.2, 0) is 19.4 Å². The van der Waals surface area contributed by atoms with Crippen LogP contribution in [0.15, 0.2) is 12.7 Å². The van der Waals surface area contributed by atoms with Crippen molar-refractivity contribution in [2.45, 2.75) is 57.5 Å². The first-order chi connectivity index (χ1) is 11.8. The molecule has 1 saturated heterocycles. The van der Waals surface area contributed by atoms with E-state index in [-0.39, 0.29) is 5.91 Å². The highest BCUT2D eigenvalue weighted by molar-refractivity contribution is 5.94. The third-order valence-electron chi connectivity index (χ3n) is 5.64. The molecule has 1 aliphatic heterocycles. The molecule has 0 radical (unpaired) electrons. The normalized spacial score (nSPS) is 23.3. The number of aromatic nitrogens is 2. The number of hydrogen-bond donors (Lipinski definition) is 1. The van der Waals surface area contributed by atoms with Crippen LogP contribution in [0, 0.1) is 5.92 Å². The minimum atomic E-state index is 0.134. The van der Waals surface area contributed by atoms with Gasteiger partial charge in [0, 0.05) is 30.4 Å². The highest BCUT2D eigenvalue weighted by Crippen LogP contribution is 2.30. The van der Waals surface area contributed by atoms with Gasteiger partial charge in [0.25, 0.3) is 5.91 Å². The standard InChI is InChI=1S/C19H28N4O/c1-2-9-23-17-8-7-15(20-13-14-5-6-14)12-16(17)18(21-23)19(24)22-10-3-4-11-22/h2,14-15,20H,1,3-13H2/t15-/m0/s1. The van der Waals surface area contributed by atoms with Crippen LogP contribution in [0.4, 0.5) is 0 Å². The van der Waals surface area contributed by atoms with E-state index >= 15 is 0 Å². The number of hydrogen-bond acceptors (Lipinski definition) is 3. The fourth-order valence-corrected chi connectivity index (χ4v) is 4.03. The van der Waals surface area contributed by atoms with E-state index in [9.17, 15) is 4.79 Å². The molecule has 1 atom stereocenters. The van der Waals surface area contributed by atoms with Crippen molar-refractivity contribution in [3.63, 3.8) is 0 Å². The van der Waals surface area contributed by atoms with Crippen LogP contribution in [-0.4, -0.2) is 46.3 Å². The lowest BCUT2D eigenvalue weighted by molar-refractivity contribution is 0.0785. The lowest BCUT2D eigenvalue weighted by Crippen LogP contribution is -2.37. The van der Waals surface area contributed by atoms with Crippen molar-refractivity contribution in [1.29, 1.82) is 0 Å². The maximum absolute atomic E-state index is 12.9. The summed E-state index contributed by atoms with van der Waals surface area (Å²) < 4.78 is 2.00. The first-order valence-electron chi connectivity index (χ1n) is 9.48. The van der Waals surface area contributed by atoms with Gasteiger partial charge in [0.2, 0.25) is 0 Å². The van der Waals surface area contributed by atoms with E-state index < -0.39 is 0 Å². The number of allylic oxidation sites excluding steroid dienone is 1. The number of nitrogens with zero attached hydrogens (tertiary/aromatic N) is 3. The quantitative estimate of drug-likeness (QED) is 0.814. The molecule has 0 unspecified atom stereocenters. The Bertz CT molecular complexity index is 626. The highest BCUT2D eigenvalue weighted by atomic mass is 16.2. The molecule has 1 saturated carbocycles. The maximum atomic E-state index is 12.9. The van der Waals surface area contributed by atoms with Crippen LogP contribution in [0.1, 0.15) is 53.8 Å². The zero-order valence-corrected chi connectivity index (χ0v) is 14.5. The van der Waals surface area contributed by atoms with Crippen molar-refractivity contribution in [2.75, 3.05) is 19.6 Å². The number of nitrogens with one attached hydrogen (secondary N) is 1. The Morgan fingerprint density at radius 3 is 2.79 bits per heavy atom. The van der Waals surface area contributed by atoms with Crippen molar-refractivity contribution >= 4 is 5.91 Å². The predicted molar refractivity (Wildman–Crippen MR) is 94.1 cm³/mol. The van der Waals surface area contributed by atoms with Gasteiger partial charge >= 0.3 is 0 Å². The molecule has 1 aromatic rings. The molecule has 2 aliphatic carbocycles. The monoisotopic (exact) mass is 328 g/mol. The van der Waals surface area contributed by atoms with E-state index in [1.54, 1.807) is 0 Å². The van der Waals surface area contributed by atoms with Gasteiger partial charge in [0.1, 0.15) is 0 Å². The first-order valence-corrected chi connectivity index (χ1v) is 9.48. The van der Waals surface area contributed by atoms with Crippen LogP contribution in [0.5, 0.6) is 0 Å². The third kappa shape index (κ3) is 3.14. The topological polar surface area (TPSA) is 50.2 Å². The van der Waals surface area contributed by atoms with Crippen LogP contribution in [0.25, 0.3) is 0 Å². The van der Waals surface area contributed by atoms with Gasteiger partial charge in [-0.1, -0.05) is 6.08 Å². The summed E-state index contributed by atoms with van der Waals surface area (Å²) in [5.41, 5.74) is 3.14. The van der Waals surface area contributed by atoms with E-state index in [1.165, 1.54) is 24.1 Å². The van der Waals surface area contributed by atoms with Gasteiger partial charge in [-0.05, 0) is 57.4 Å². The molecule has 0 bridgehead atoms. The largest absolute Gasteiger partial charge is 0.337 e. The Morgan fingerprint density at radius 2 is 2.08 bits per heavy atom. The molecule has 2 fully saturated rings.